The van der Waals surface area contributed by atoms with E-state index in [0.717, 1.165) is 38.8 Å². The van der Waals surface area contributed by atoms with E-state index in [4.69, 9.17) is 0 Å². The second kappa shape index (κ2) is 36.6. The van der Waals surface area contributed by atoms with Gasteiger partial charge in [0.05, 0.1) is 0 Å². The standard InChI is InChI=1S/C42H76N2O/c1-5-7-9-11-13-15-17-19-21-23-25-27-29-31-33-35-37-41(40-43-42(45)38-39-44(3)4)36-34-32-30-28-26-24-22-20-18-16-14-12-10-8-6-2/h5,7,13-16,19-22,41H,6,8-12,17-18,23-40H2,1-4H3,(H,43,45)/b7-5+,15-13-,16-14-,21-19-,22-20-. The van der Waals surface area contributed by atoms with Crippen LogP contribution >= 0.6 is 0 Å². The van der Waals surface area contributed by atoms with Gasteiger partial charge in [0.25, 0.3) is 0 Å². The summed E-state index contributed by atoms with van der Waals surface area (Å²) in [4.78, 5) is 14.4. The third kappa shape index (κ3) is 36.5. The van der Waals surface area contributed by atoms with Gasteiger partial charge in [0, 0.05) is 19.5 Å². The molecule has 0 fully saturated rings. The van der Waals surface area contributed by atoms with E-state index in [1.54, 1.807) is 0 Å². The molecule has 0 aliphatic rings. The van der Waals surface area contributed by atoms with E-state index in [1.165, 1.54) is 122 Å². The molecule has 0 aromatic rings. The van der Waals surface area contributed by atoms with Gasteiger partial charge in [0.1, 0.15) is 0 Å². The highest BCUT2D eigenvalue weighted by molar-refractivity contribution is 5.76. The lowest BCUT2D eigenvalue weighted by atomic mass is 9.94. The molecule has 45 heavy (non-hydrogen) atoms. The highest BCUT2D eigenvalue weighted by Gasteiger charge is 2.11. The fourth-order valence-corrected chi connectivity index (χ4v) is 5.53. The molecule has 0 aliphatic heterocycles. The Kier molecular flexibility index (Phi) is 35.1. The van der Waals surface area contributed by atoms with Gasteiger partial charge in [-0.15, -0.1) is 0 Å². The lowest BCUT2D eigenvalue weighted by molar-refractivity contribution is -0.121. The predicted molar refractivity (Wildman–Crippen MR) is 203 cm³/mol. The third-order valence-electron chi connectivity index (χ3n) is 8.51. The monoisotopic (exact) mass is 625 g/mol. The summed E-state index contributed by atoms with van der Waals surface area (Å²) in [6.07, 6.45) is 52.9. The Morgan fingerprint density at radius 1 is 0.578 bits per heavy atom. The Bertz CT molecular complexity index is 761. The summed E-state index contributed by atoms with van der Waals surface area (Å²) in [6.45, 7) is 6.03. The quantitative estimate of drug-likeness (QED) is 0.0582. The lowest BCUT2D eigenvalue weighted by Gasteiger charge is -2.18. The van der Waals surface area contributed by atoms with Crippen molar-refractivity contribution in [1.29, 1.82) is 0 Å². The zero-order chi connectivity index (χ0) is 32.9. The van der Waals surface area contributed by atoms with Crippen molar-refractivity contribution >= 4 is 5.91 Å². The van der Waals surface area contributed by atoms with E-state index >= 15 is 0 Å². The first-order valence-corrected chi connectivity index (χ1v) is 19.2. The van der Waals surface area contributed by atoms with Crippen molar-refractivity contribution in [2.75, 3.05) is 27.2 Å². The maximum atomic E-state index is 12.3. The van der Waals surface area contributed by atoms with Crippen LogP contribution in [0, 0.1) is 5.92 Å². The van der Waals surface area contributed by atoms with Gasteiger partial charge >= 0.3 is 0 Å². The first kappa shape index (κ1) is 43.1. The topological polar surface area (TPSA) is 32.3 Å². The van der Waals surface area contributed by atoms with Gasteiger partial charge in [-0.25, -0.2) is 0 Å². The maximum Gasteiger partial charge on any atom is 0.221 e. The summed E-state index contributed by atoms with van der Waals surface area (Å²) in [7, 11) is 4.06. The number of allylic oxidation sites excluding steroid dienone is 10. The number of carbonyl (C=O) groups is 1. The average Bonchev–Trinajstić information content (AvgIpc) is 3.03. The number of carbonyl (C=O) groups excluding carboxylic acids is 1. The third-order valence-corrected chi connectivity index (χ3v) is 8.51. The molecule has 1 N–H and O–H groups in total. The first-order chi connectivity index (χ1) is 22.1. The Morgan fingerprint density at radius 3 is 1.51 bits per heavy atom. The van der Waals surface area contributed by atoms with Crippen LogP contribution in [0.3, 0.4) is 0 Å². The Balaban J connectivity index is 4.03. The number of nitrogens with zero attached hydrogens (tertiary/aromatic N) is 1. The zero-order valence-corrected chi connectivity index (χ0v) is 30.6. The van der Waals surface area contributed by atoms with Gasteiger partial charge in [-0.05, 0) is 104 Å². The number of rotatable bonds is 33. The van der Waals surface area contributed by atoms with Gasteiger partial charge in [0.15, 0.2) is 0 Å². The summed E-state index contributed by atoms with van der Waals surface area (Å²) in [6, 6.07) is 0. The summed E-state index contributed by atoms with van der Waals surface area (Å²) in [5.74, 6) is 0.844. The molecule has 0 aliphatic carbocycles. The highest BCUT2D eigenvalue weighted by Crippen LogP contribution is 2.19. The van der Waals surface area contributed by atoms with Crippen molar-refractivity contribution in [1.82, 2.24) is 10.2 Å². The Morgan fingerprint density at radius 2 is 1.02 bits per heavy atom. The molecule has 0 heterocycles. The fraction of sp³-hybridized carbons (Fsp3) is 0.738. The lowest BCUT2D eigenvalue weighted by Crippen LogP contribution is -2.31. The second-order valence-electron chi connectivity index (χ2n) is 13.3. The maximum absolute atomic E-state index is 12.3. The normalized spacial score (nSPS) is 13.2. The highest BCUT2D eigenvalue weighted by atomic mass is 16.1. The fourth-order valence-electron chi connectivity index (χ4n) is 5.53. The molecule has 260 valence electrons. The minimum Gasteiger partial charge on any atom is -0.356 e. The van der Waals surface area contributed by atoms with Crippen LogP contribution in [0.1, 0.15) is 168 Å². The molecule has 0 saturated carbocycles. The van der Waals surface area contributed by atoms with E-state index in [0.29, 0.717) is 12.3 Å². The van der Waals surface area contributed by atoms with Crippen LogP contribution in [-0.2, 0) is 4.79 Å². The average molecular weight is 625 g/mol. The summed E-state index contributed by atoms with van der Waals surface area (Å²) >= 11 is 0. The number of nitrogens with one attached hydrogen (secondary N) is 1. The summed E-state index contributed by atoms with van der Waals surface area (Å²) < 4.78 is 0. The van der Waals surface area contributed by atoms with E-state index in [2.05, 4.69) is 84.8 Å². The van der Waals surface area contributed by atoms with Crippen LogP contribution < -0.4 is 5.32 Å². The minimum absolute atomic E-state index is 0.211. The zero-order valence-electron chi connectivity index (χ0n) is 30.6. The molecule has 0 radical (unpaired) electrons. The molecular weight excluding hydrogens is 548 g/mol. The molecular formula is C42H76N2O. The van der Waals surface area contributed by atoms with Crippen molar-refractivity contribution < 1.29 is 4.79 Å². The molecule has 1 atom stereocenters. The van der Waals surface area contributed by atoms with Crippen molar-refractivity contribution in [3.8, 4) is 0 Å². The minimum atomic E-state index is 0.211. The second-order valence-corrected chi connectivity index (χ2v) is 13.3. The van der Waals surface area contributed by atoms with Crippen molar-refractivity contribution in [3.05, 3.63) is 60.8 Å². The first-order valence-electron chi connectivity index (χ1n) is 19.2. The molecule has 3 nitrogen and oxygen atoms in total. The smallest absolute Gasteiger partial charge is 0.221 e. The van der Waals surface area contributed by atoms with Gasteiger partial charge in [-0.1, -0.05) is 138 Å². The van der Waals surface area contributed by atoms with Crippen molar-refractivity contribution in [2.45, 2.75) is 168 Å². The van der Waals surface area contributed by atoms with Crippen LogP contribution in [0.4, 0.5) is 0 Å². The number of unbranched alkanes of at least 4 members (excludes halogenated alkanes) is 15. The molecule has 0 aromatic carbocycles. The molecule has 3 heteroatoms. The van der Waals surface area contributed by atoms with E-state index in [9.17, 15) is 4.79 Å². The van der Waals surface area contributed by atoms with Crippen LogP contribution in [0.2, 0.25) is 0 Å². The Labute approximate surface area is 282 Å². The van der Waals surface area contributed by atoms with Gasteiger partial charge in [-0.2, -0.15) is 0 Å². The van der Waals surface area contributed by atoms with Gasteiger partial charge in [-0.3, -0.25) is 4.79 Å². The predicted octanol–water partition coefficient (Wildman–Crippen LogP) is 12.5. The molecule has 1 unspecified atom stereocenters. The van der Waals surface area contributed by atoms with Crippen molar-refractivity contribution in [3.63, 3.8) is 0 Å². The SMILES string of the molecule is C/C=C/CC/C=C\C/C=C\CCCCCCCCC(CCCCCCC/C=C\C/C=C\CCCCC)CNC(=O)CCN(C)C. The number of amides is 1. The van der Waals surface area contributed by atoms with Crippen LogP contribution in [0.5, 0.6) is 0 Å². The molecule has 0 spiro atoms. The number of hydrogen-bond donors (Lipinski definition) is 1. The van der Waals surface area contributed by atoms with Crippen LogP contribution in [0.15, 0.2) is 60.8 Å². The molecule has 0 bridgehead atoms. The van der Waals surface area contributed by atoms with E-state index in [-0.39, 0.29) is 5.91 Å². The molecule has 0 saturated heterocycles. The van der Waals surface area contributed by atoms with E-state index in [1.807, 2.05) is 14.1 Å². The summed E-state index contributed by atoms with van der Waals surface area (Å²) in [5.41, 5.74) is 0. The van der Waals surface area contributed by atoms with E-state index < -0.39 is 0 Å². The van der Waals surface area contributed by atoms with Crippen molar-refractivity contribution in [2.24, 2.45) is 5.92 Å². The van der Waals surface area contributed by atoms with Crippen LogP contribution in [-0.4, -0.2) is 38.0 Å². The molecule has 1 amide bonds. The molecule has 0 rings (SSSR count). The van der Waals surface area contributed by atoms with Gasteiger partial charge in [0.2, 0.25) is 5.91 Å². The largest absolute Gasteiger partial charge is 0.356 e. The number of hydrogen-bond acceptors (Lipinski definition) is 2. The Hall–Kier alpha value is -1.87. The summed E-state index contributed by atoms with van der Waals surface area (Å²) in [5, 5.41) is 3.25. The van der Waals surface area contributed by atoms with Crippen LogP contribution in [0.25, 0.3) is 0 Å². The van der Waals surface area contributed by atoms with Gasteiger partial charge < -0.3 is 10.2 Å². The molecule has 0 aromatic heterocycles.